The molecule has 0 radical (unpaired) electrons. The summed E-state index contributed by atoms with van der Waals surface area (Å²) in [5, 5.41) is 9.87. The molecule has 6 rings (SSSR count). The average molecular weight is 529 g/mol. The molecule has 6 unspecified atom stereocenters. The van der Waals surface area contributed by atoms with Crippen LogP contribution in [0.2, 0.25) is 0 Å². The number of methoxy groups -OCH3 is 1. The number of carboxylic acid groups (broad SMARTS) is 1. The van der Waals surface area contributed by atoms with E-state index in [4.69, 9.17) is 9.84 Å². The Kier molecular flexibility index (Phi) is 5.99. The number of fused-ring (bicyclic) bond motifs is 9. The monoisotopic (exact) mass is 528 g/mol. The van der Waals surface area contributed by atoms with Gasteiger partial charge in [-0.3, -0.25) is 24.1 Å². The van der Waals surface area contributed by atoms with Gasteiger partial charge >= 0.3 is 10.8 Å². The number of carbonyl (C=O) groups is 3. The summed E-state index contributed by atoms with van der Waals surface area (Å²) in [6.45, 7) is 0.364. The minimum atomic E-state index is -0.825. The predicted molar refractivity (Wildman–Crippen MR) is 134 cm³/mol. The van der Waals surface area contributed by atoms with Gasteiger partial charge < -0.3 is 14.8 Å². The van der Waals surface area contributed by atoms with Crippen LogP contribution in [-0.2, 0) is 14.4 Å². The summed E-state index contributed by atoms with van der Waals surface area (Å²) in [6.07, 6.45) is 2.81. The van der Waals surface area contributed by atoms with Crippen LogP contribution in [0.25, 0.3) is 0 Å². The number of para-hydroxylation sites is 1. The summed E-state index contributed by atoms with van der Waals surface area (Å²) in [5.74, 6) is -0.523. The quantitative estimate of drug-likeness (QED) is 0.397. The van der Waals surface area contributed by atoms with Crippen molar-refractivity contribution in [2.24, 2.45) is 29.6 Å². The maximum atomic E-state index is 13.6. The molecule has 190 valence electrons. The van der Waals surface area contributed by atoms with Crippen molar-refractivity contribution in [1.29, 1.82) is 0 Å². The first-order valence-corrected chi connectivity index (χ1v) is 14.2. The smallest absolute Gasteiger partial charge is 0.305 e. The highest BCUT2D eigenvalue weighted by Crippen LogP contribution is 2.68. The fourth-order valence-electron chi connectivity index (χ4n) is 7.29. The molecule has 2 aromatic rings. The summed E-state index contributed by atoms with van der Waals surface area (Å²) in [7, 11) is 1.65. The molecule has 36 heavy (non-hydrogen) atoms. The lowest BCUT2D eigenvalue weighted by Gasteiger charge is -2.43. The molecule has 10 heteroatoms. The molecule has 2 aliphatic heterocycles. The van der Waals surface area contributed by atoms with Crippen molar-refractivity contribution in [3.63, 3.8) is 0 Å². The van der Waals surface area contributed by atoms with E-state index in [0.29, 0.717) is 25.8 Å². The van der Waals surface area contributed by atoms with E-state index in [1.165, 1.54) is 16.2 Å². The Morgan fingerprint density at radius 1 is 1.11 bits per heavy atom. The number of carboxylic acids is 1. The highest BCUT2D eigenvalue weighted by Gasteiger charge is 2.69. The van der Waals surface area contributed by atoms with E-state index in [9.17, 15) is 19.2 Å². The molecule has 1 saturated heterocycles. The zero-order valence-electron chi connectivity index (χ0n) is 19.8. The zero-order chi connectivity index (χ0) is 25.1. The van der Waals surface area contributed by atoms with Gasteiger partial charge in [0, 0.05) is 34.6 Å². The van der Waals surface area contributed by atoms with E-state index in [2.05, 4.69) is 11.1 Å². The molecule has 1 aromatic carbocycles. The van der Waals surface area contributed by atoms with Crippen LogP contribution in [-0.4, -0.2) is 51.7 Å². The van der Waals surface area contributed by atoms with Crippen molar-refractivity contribution in [3.8, 4) is 5.75 Å². The van der Waals surface area contributed by atoms with Gasteiger partial charge in [-0.25, -0.2) is 0 Å². The first kappa shape index (κ1) is 23.8. The van der Waals surface area contributed by atoms with Crippen LogP contribution >= 0.6 is 23.1 Å². The minimum Gasteiger partial charge on any atom is -0.496 e. The Morgan fingerprint density at radius 3 is 2.61 bits per heavy atom. The number of ether oxygens (including phenoxy) is 1. The highest BCUT2D eigenvalue weighted by atomic mass is 32.2. The summed E-state index contributed by atoms with van der Waals surface area (Å²) in [5.41, 5.74) is 1.03. The Morgan fingerprint density at radius 2 is 1.86 bits per heavy atom. The third-order valence-electron chi connectivity index (χ3n) is 8.56. The van der Waals surface area contributed by atoms with Crippen LogP contribution in [0, 0.1) is 29.6 Å². The fraction of sp³-hybridized carbons (Fsp3) is 0.538. The van der Waals surface area contributed by atoms with E-state index >= 15 is 0 Å². The number of nitrogens with zero attached hydrogens (tertiary/aromatic N) is 1. The SMILES string of the molecule is COc1ccccc1[C@H]1c2sc(=O)[nH]c2SC2C3CC(C4C(=O)N(CCCCCC(=O)O)C(=O)C34)C21. The lowest BCUT2D eigenvalue weighted by molar-refractivity contribution is -0.141. The van der Waals surface area contributed by atoms with Crippen molar-refractivity contribution < 1.29 is 24.2 Å². The number of rotatable bonds is 8. The number of unbranched alkanes of at least 4 members (excludes halogenated alkanes) is 2. The number of H-pyrrole nitrogens is 1. The third-order valence-corrected chi connectivity index (χ3v) is 11.1. The molecule has 7 atom stereocenters. The van der Waals surface area contributed by atoms with Crippen LogP contribution in [0.4, 0.5) is 0 Å². The number of benzene rings is 1. The number of carbonyl (C=O) groups excluding carboxylic acids is 2. The van der Waals surface area contributed by atoms with Crippen molar-refractivity contribution in [1.82, 2.24) is 9.88 Å². The first-order chi connectivity index (χ1) is 17.4. The summed E-state index contributed by atoms with van der Waals surface area (Å²) in [4.78, 5) is 55.6. The zero-order valence-corrected chi connectivity index (χ0v) is 21.5. The second-order valence-electron chi connectivity index (χ2n) is 10.2. The summed E-state index contributed by atoms with van der Waals surface area (Å²) >= 11 is 2.92. The van der Waals surface area contributed by atoms with Crippen molar-refractivity contribution in [3.05, 3.63) is 44.4 Å². The number of likely N-dealkylation sites (tertiary alicyclic amines) is 1. The predicted octanol–water partition coefficient (Wildman–Crippen LogP) is 3.56. The van der Waals surface area contributed by atoms with Gasteiger partial charge in [-0.05, 0) is 43.1 Å². The molecule has 3 heterocycles. The number of amides is 2. The van der Waals surface area contributed by atoms with Gasteiger partial charge in [-0.1, -0.05) is 36.0 Å². The number of imide groups is 1. The second kappa shape index (κ2) is 9.06. The maximum absolute atomic E-state index is 13.6. The molecule has 0 spiro atoms. The molecule has 3 fully saturated rings. The molecule has 2 aliphatic carbocycles. The molecule has 2 N–H and O–H groups in total. The number of aromatic amines is 1. The number of thioether (sulfide) groups is 1. The second-order valence-corrected chi connectivity index (χ2v) is 12.4. The molecule has 8 nitrogen and oxygen atoms in total. The molecule has 2 saturated carbocycles. The topological polar surface area (TPSA) is 117 Å². The number of aromatic nitrogens is 1. The minimum absolute atomic E-state index is 0.0599. The number of aliphatic carboxylic acids is 1. The Balaban J connectivity index is 1.31. The summed E-state index contributed by atoms with van der Waals surface area (Å²) in [6, 6.07) is 7.91. The van der Waals surface area contributed by atoms with Crippen LogP contribution in [0.1, 0.15) is 48.5 Å². The maximum Gasteiger partial charge on any atom is 0.305 e. The van der Waals surface area contributed by atoms with E-state index in [-0.39, 0.29) is 63.9 Å². The van der Waals surface area contributed by atoms with Crippen molar-refractivity contribution in [2.45, 2.75) is 48.3 Å². The Bertz CT molecular complexity index is 1290. The third kappa shape index (κ3) is 3.55. The van der Waals surface area contributed by atoms with Crippen LogP contribution in [0.5, 0.6) is 5.75 Å². The highest BCUT2D eigenvalue weighted by molar-refractivity contribution is 8.00. The molecular weight excluding hydrogens is 500 g/mol. The number of thiazole rings is 1. The van der Waals surface area contributed by atoms with Crippen LogP contribution in [0.15, 0.2) is 34.1 Å². The Hall–Kier alpha value is -2.59. The number of hydrogen-bond donors (Lipinski definition) is 2. The summed E-state index contributed by atoms with van der Waals surface area (Å²) < 4.78 is 5.71. The molecule has 2 bridgehead atoms. The largest absolute Gasteiger partial charge is 0.496 e. The van der Waals surface area contributed by atoms with E-state index in [1.54, 1.807) is 18.9 Å². The lowest BCUT2D eigenvalue weighted by Crippen LogP contribution is -2.42. The van der Waals surface area contributed by atoms with Crippen LogP contribution in [0.3, 0.4) is 0 Å². The number of hydrogen-bond acceptors (Lipinski definition) is 7. The molecule has 4 aliphatic rings. The lowest BCUT2D eigenvalue weighted by atomic mass is 9.68. The van der Waals surface area contributed by atoms with Gasteiger partial charge in [0.15, 0.2) is 0 Å². The van der Waals surface area contributed by atoms with Gasteiger partial charge in [0.2, 0.25) is 11.8 Å². The van der Waals surface area contributed by atoms with Gasteiger partial charge in [-0.15, -0.1) is 11.8 Å². The average Bonchev–Trinajstić information content (AvgIpc) is 3.58. The van der Waals surface area contributed by atoms with Gasteiger partial charge in [0.25, 0.3) is 0 Å². The molecular formula is C26H28N2O6S2. The van der Waals surface area contributed by atoms with Crippen LogP contribution < -0.4 is 9.61 Å². The van der Waals surface area contributed by atoms with Gasteiger partial charge in [-0.2, -0.15) is 0 Å². The first-order valence-electron chi connectivity index (χ1n) is 12.5. The van der Waals surface area contributed by atoms with E-state index < -0.39 is 5.97 Å². The Labute approximate surface area is 216 Å². The van der Waals surface area contributed by atoms with Gasteiger partial charge in [0.1, 0.15) is 5.75 Å². The van der Waals surface area contributed by atoms with Gasteiger partial charge in [0.05, 0.1) is 24.0 Å². The van der Waals surface area contributed by atoms with Crippen molar-refractivity contribution >= 4 is 40.9 Å². The van der Waals surface area contributed by atoms with E-state index in [0.717, 1.165) is 27.6 Å². The normalized spacial score (nSPS) is 31.9. The fourth-order valence-corrected chi connectivity index (χ4v) is 10.2. The van der Waals surface area contributed by atoms with E-state index in [1.807, 2.05) is 18.2 Å². The number of nitrogens with one attached hydrogen (secondary N) is 1. The molecule has 1 aromatic heterocycles. The standard InChI is InChI=1S/C26H28N2O6S2/c1-34-15-8-5-4-7-12(15)17-18-13-11-14(21(18)35-23-22(17)36-26(33)27-23)20-19(13)24(31)28(25(20)32)10-6-2-3-9-16(29)30/h4-5,7-8,13-14,17-21H,2-3,6,9-11H2,1H3,(H,27,33)(H,29,30)/t13?,14?,17-,18?,19?,20?,21?/m1/s1. The molecule has 2 amide bonds. The van der Waals surface area contributed by atoms with Crippen molar-refractivity contribution in [2.75, 3.05) is 13.7 Å².